The topological polar surface area (TPSA) is 38.3 Å². The number of ether oxygens (including phenoxy) is 1. The first-order chi connectivity index (χ1) is 10.8. The van der Waals surface area contributed by atoms with Crippen molar-refractivity contribution < 1.29 is 9.53 Å². The van der Waals surface area contributed by atoms with E-state index in [1.165, 1.54) is 0 Å². The van der Waals surface area contributed by atoms with Crippen molar-refractivity contribution in [2.75, 3.05) is 5.32 Å². The van der Waals surface area contributed by atoms with Gasteiger partial charge in [-0.1, -0.05) is 43.6 Å². The number of carbonyl (C=O) groups excluding carboxylic acids is 1. The highest BCUT2D eigenvalue weighted by molar-refractivity contribution is 6.30. The second-order valence-electron chi connectivity index (χ2n) is 6.26. The number of para-hydroxylation sites is 1. The van der Waals surface area contributed by atoms with Crippen LogP contribution in [0.3, 0.4) is 0 Å². The van der Waals surface area contributed by atoms with Crippen molar-refractivity contribution in [1.29, 1.82) is 0 Å². The van der Waals surface area contributed by atoms with Crippen LogP contribution in [-0.2, 0) is 4.79 Å². The van der Waals surface area contributed by atoms with Crippen LogP contribution in [0.5, 0.6) is 5.75 Å². The summed E-state index contributed by atoms with van der Waals surface area (Å²) in [5, 5.41) is 3.60. The predicted molar refractivity (Wildman–Crippen MR) is 95.3 cm³/mol. The number of nitrogens with one attached hydrogen (secondary N) is 1. The minimum absolute atomic E-state index is 0.194. The molecule has 1 N–H and O–H groups in total. The SMILES string of the molecule is CC(C)c1ccccc1NC(=O)C(C)(C)Oc1ccc(Cl)cc1. The summed E-state index contributed by atoms with van der Waals surface area (Å²) in [5.41, 5.74) is 0.918. The summed E-state index contributed by atoms with van der Waals surface area (Å²) >= 11 is 5.86. The quantitative estimate of drug-likeness (QED) is 0.811. The maximum absolute atomic E-state index is 12.6. The molecule has 0 spiro atoms. The molecule has 23 heavy (non-hydrogen) atoms. The molecule has 0 atom stereocenters. The van der Waals surface area contributed by atoms with E-state index in [2.05, 4.69) is 19.2 Å². The molecular weight excluding hydrogens is 310 g/mol. The average molecular weight is 332 g/mol. The van der Waals surface area contributed by atoms with Crippen LogP contribution in [-0.4, -0.2) is 11.5 Å². The van der Waals surface area contributed by atoms with Crippen molar-refractivity contribution in [2.45, 2.75) is 39.2 Å². The Kier molecular flexibility index (Phi) is 5.32. The van der Waals surface area contributed by atoms with Gasteiger partial charge in [-0.05, 0) is 55.7 Å². The molecule has 2 aromatic carbocycles. The molecular formula is C19H22ClNO2. The highest BCUT2D eigenvalue weighted by Gasteiger charge is 2.30. The largest absolute Gasteiger partial charge is 0.478 e. The standard InChI is InChI=1S/C19H22ClNO2/c1-13(2)16-7-5-6-8-17(16)21-18(22)19(3,4)23-15-11-9-14(20)10-12-15/h5-13H,1-4H3,(H,21,22). The Bertz CT molecular complexity index is 678. The number of halogens is 1. The van der Waals surface area contributed by atoms with Gasteiger partial charge >= 0.3 is 0 Å². The third kappa shape index (κ3) is 4.49. The van der Waals surface area contributed by atoms with Crippen LogP contribution in [0.15, 0.2) is 48.5 Å². The molecule has 0 unspecified atom stereocenters. The van der Waals surface area contributed by atoms with Crippen LogP contribution in [0.25, 0.3) is 0 Å². The van der Waals surface area contributed by atoms with Crippen LogP contribution in [0.2, 0.25) is 5.02 Å². The lowest BCUT2D eigenvalue weighted by atomic mass is 10.0. The van der Waals surface area contributed by atoms with Gasteiger partial charge in [0.1, 0.15) is 5.75 Å². The predicted octanol–water partition coefficient (Wildman–Crippen LogP) is 5.26. The molecule has 2 rings (SSSR count). The highest BCUT2D eigenvalue weighted by Crippen LogP contribution is 2.26. The van der Waals surface area contributed by atoms with E-state index in [1.54, 1.807) is 38.1 Å². The minimum atomic E-state index is -1.00. The Morgan fingerprint density at radius 3 is 2.30 bits per heavy atom. The first-order valence-corrected chi connectivity index (χ1v) is 8.02. The summed E-state index contributed by atoms with van der Waals surface area (Å²) in [6, 6.07) is 14.8. The summed E-state index contributed by atoms with van der Waals surface area (Å²) in [4.78, 5) is 12.6. The molecule has 0 saturated heterocycles. The lowest BCUT2D eigenvalue weighted by Crippen LogP contribution is -2.42. The minimum Gasteiger partial charge on any atom is -0.478 e. The fourth-order valence-electron chi connectivity index (χ4n) is 2.23. The third-order valence-electron chi connectivity index (χ3n) is 3.56. The summed E-state index contributed by atoms with van der Waals surface area (Å²) < 4.78 is 5.82. The number of amides is 1. The van der Waals surface area contributed by atoms with Gasteiger partial charge in [-0.3, -0.25) is 4.79 Å². The molecule has 0 saturated carbocycles. The monoisotopic (exact) mass is 331 g/mol. The first kappa shape index (κ1) is 17.4. The molecule has 0 heterocycles. The lowest BCUT2D eigenvalue weighted by molar-refractivity contribution is -0.128. The van der Waals surface area contributed by atoms with Crippen molar-refractivity contribution in [3.63, 3.8) is 0 Å². The number of rotatable bonds is 5. The molecule has 0 aliphatic rings. The van der Waals surface area contributed by atoms with Gasteiger partial charge in [-0.25, -0.2) is 0 Å². The van der Waals surface area contributed by atoms with E-state index in [0.717, 1.165) is 11.3 Å². The number of hydrogen-bond acceptors (Lipinski definition) is 2. The molecule has 2 aromatic rings. The van der Waals surface area contributed by atoms with E-state index in [-0.39, 0.29) is 5.91 Å². The number of hydrogen-bond donors (Lipinski definition) is 1. The molecule has 1 amide bonds. The van der Waals surface area contributed by atoms with Crippen LogP contribution >= 0.6 is 11.6 Å². The molecule has 4 heteroatoms. The highest BCUT2D eigenvalue weighted by atomic mass is 35.5. The summed E-state index contributed by atoms with van der Waals surface area (Å²) in [6.07, 6.45) is 0. The molecule has 3 nitrogen and oxygen atoms in total. The Morgan fingerprint density at radius 2 is 1.70 bits per heavy atom. The van der Waals surface area contributed by atoms with Gasteiger partial charge in [0.05, 0.1) is 0 Å². The normalized spacial score (nSPS) is 11.4. The van der Waals surface area contributed by atoms with Crippen LogP contribution < -0.4 is 10.1 Å². The van der Waals surface area contributed by atoms with Crippen molar-refractivity contribution in [1.82, 2.24) is 0 Å². The molecule has 0 aromatic heterocycles. The van der Waals surface area contributed by atoms with Crippen LogP contribution in [0.1, 0.15) is 39.2 Å². The van der Waals surface area contributed by atoms with Crippen molar-refractivity contribution in [2.24, 2.45) is 0 Å². The fourth-order valence-corrected chi connectivity index (χ4v) is 2.36. The van der Waals surface area contributed by atoms with Gasteiger partial charge in [-0.2, -0.15) is 0 Å². The van der Waals surface area contributed by atoms with Crippen LogP contribution in [0, 0.1) is 0 Å². The molecule has 0 aliphatic heterocycles. The van der Waals surface area contributed by atoms with Crippen LogP contribution in [0.4, 0.5) is 5.69 Å². The van der Waals surface area contributed by atoms with E-state index in [4.69, 9.17) is 16.3 Å². The zero-order chi connectivity index (χ0) is 17.0. The average Bonchev–Trinajstić information content (AvgIpc) is 2.49. The van der Waals surface area contributed by atoms with Gasteiger partial charge in [0.2, 0.25) is 0 Å². The van der Waals surface area contributed by atoms with E-state index in [9.17, 15) is 4.79 Å². The summed E-state index contributed by atoms with van der Waals surface area (Å²) in [6.45, 7) is 7.69. The Labute approximate surface area is 142 Å². The van der Waals surface area contributed by atoms with E-state index in [1.807, 2.05) is 24.3 Å². The van der Waals surface area contributed by atoms with E-state index < -0.39 is 5.60 Å². The van der Waals surface area contributed by atoms with E-state index >= 15 is 0 Å². The maximum Gasteiger partial charge on any atom is 0.267 e. The van der Waals surface area contributed by atoms with Gasteiger partial charge in [0, 0.05) is 10.7 Å². The van der Waals surface area contributed by atoms with Crippen molar-refractivity contribution in [3.05, 3.63) is 59.1 Å². The summed E-state index contributed by atoms with van der Waals surface area (Å²) in [5.74, 6) is 0.735. The maximum atomic E-state index is 12.6. The number of anilines is 1. The lowest BCUT2D eigenvalue weighted by Gasteiger charge is -2.26. The van der Waals surface area contributed by atoms with Crippen molar-refractivity contribution >= 4 is 23.2 Å². The van der Waals surface area contributed by atoms with Gasteiger partial charge in [-0.15, -0.1) is 0 Å². The molecule has 0 bridgehead atoms. The first-order valence-electron chi connectivity index (χ1n) is 7.64. The van der Waals surface area contributed by atoms with Gasteiger partial charge in [0.25, 0.3) is 5.91 Å². The fraction of sp³-hybridized carbons (Fsp3) is 0.316. The molecule has 0 aliphatic carbocycles. The van der Waals surface area contributed by atoms with Gasteiger partial charge < -0.3 is 10.1 Å². The Hall–Kier alpha value is -2.00. The van der Waals surface area contributed by atoms with Crippen molar-refractivity contribution in [3.8, 4) is 5.75 Å². The number of benzene rings is 2. The molecule has 0 radical (unpaired) electrons. The Morgan fingerprint density at radius 1 is 1.09 bits per heavy atom. The smallest absolute Gasteiger partial charge is 0.267 e. The molecule has 0 fully saturated rings. The number of carbonyl (C=O) groups is 1. The Balaban J connectivity index is 2.14. The summed E-state index contributed by atoms with van der Waals surface area (Å²) in [7, 11) is 0. The van der Waals surface area contributed by atoms with Gasteiger partial charge in [0.15, 0.2) is 5.60 Å². The third-order valence-corrected chi connectivity index (χ3v) is 3.82. The zero-order valence-corrected chi connectivity index (χ0v) is 14.6. The second-order valence-corrected chi connectivity index (χ2v) is 6.70. The molecule has 122 valence electrons. The second kappa shape index (κ2) is 7.05. The van der Waals surface area contributed by atoms with E-state index in [0.29, 0.717) is 16.7 Å². The zero-order valence-electron chi connectivity index (χ0n) is 13.9.